The van der Waals surface area contributed by atoms with Gasteiger partial charge in [0.2, 0.25) is 0 Å². The molecule has 0 aliphatic heterocycles. The summed E-state index contributed by atoms with van der Waals surface area (Å²) in [6.07, 6.45) is 0. The molecule has 1 aromatic heterocycles. The Morgan fingerprint density at radius 2 is 1.96 bits per heavy atom. The van der Waals surface area contributed by atoms with Gasteiger partial charge in [-0.15, -0.1) is 0 Å². The third kappa shape index (κ3) is 4.39. The van der Waals surface area contributed by atoms with Crippen LogP contribution < -0.4 is 38.5 Å². The van der Waals surface area contributed by atoms with E-state index in [4.69, 9.17) is 13.9 Å². The van der Waals surface area contributed by atoms with Crippen molar-refractivity contribution in [1.82, 2.24) is 0 Å². The minimum Gasteiger partial charge on any atom is -0.716 e. The normalized spacial score (nSPS) is 11.0. The first-order chi connectivity index (χ1) is 10.3. The molecule has 0 atom stereocenters. The van der Waals surface area contributed by atoms with E-state index in [0.29, 0.717) is 0 Å². The number of ether oxygens (including phenoxy) is 2. The summed E-state index contributed by atoms with van der Waals surface area (Å²) in [5, 5.41) is 0.260. The molecule has 2 aromatic rings. The number of fused-ring (bicyclic) bond motifs is 1. The number of carbonyl (C=O) groups is 1. The molecule has 2 rings (SSSR count). The average molecular weight is 352 g/mol. The first-order valence-electron chi connectivity index (χ1n) is 6.20. The van der Waals surface area contributed by atoms with E-state index in [0.717, 1.165) is 0 Å². The van der Waals surface area contributed by atoms with Crippen LogP contribution in [0.5, 0.6) is 11.5 Å². The van der Waals surface area contributed by atoms with Crippen LogP contribution in [0.2, 0.25) is 0 Å². The van der Waals surface area contributed by atoms with Gasteiger partial charge >= 0.3 is 35.5 Å². The number of methoxy groups -OCH3 is 1. The van der Waals surface area contributed by atoms with Gasteiger partial charge < -0.3 is 22.6 Å². The minimum atomic E-state index is -4.99. The summed E-state index contributed by atoms with van der Waals surface area (Å²) in [6.45, 7) is 3.38. The van der Waals surface area contributed by atoms with Crippen molar-refractivity contribution in [1.29, 1.82) is 0 Å². The van der Waals surface area contributed by atoms with Crippen LogP contribution in [0.3, 0.4) is 0 Å². The predicted octanol–water partition coefficient (Wildman–Crippen LogP) is -1.23. The van der Waals surface area contributed by atoms with E-state index in [9.17, 15) is 17.8 Å². The van der Waals surface area contributed by atoms with E-state index in [2.05, 4.69) is 4.18 Å². The van der Waals surface area contributed by atoms with Gasteiger partial charge in [0.05, 0.1) is 13.7 Å². The first kappa shape index (κ1) is 19.8. The van der Waals surface area contributed by atoms with Crippen molar-refractivity contribution in [3.8, 4) is 11.5 Å². The van der Waals surface area contributed by atoms with E-state index in [-0.39, 0.29) is 70.0 Å². The fraction of sp³-hybridized carbons (Fsp3) is 0.308. The number of esters is 1. The van der Waals surface area contributed by atoms with Crippen LogP contribution in [0.1, 0.15) is 23.0 Å². The summed E-state index contributed by atoms with van der Waals surface area (Å²) in [4.78, 5) is 12.0. The van der Waals surface area contributed by atoms with Crippen molar-refractivity contribution in [3.63, 3.8) is 0 Å². The molecule has 0 saturated carbocycles. The second-order valence-electron chi connectivity index (χ2n) is 4.24. The number of hydrogen-bond acceptors (Lipinski definition) is 8. The van der Waals surface area contributed by atoms with E-state index in [1.165, 1.54) is 19.2 Å². The van der Waals surface area contributed by atoms with Crippen LogP contribution in [0.15, 0.2) is 16.5 Å². The van der Waals surface area contributed by atoms with Crippen LogP contribution in [-0.4, -0.2) is 32.7 Å². The molecular weight excluding hydrogens is 339 g/mol. The maximum atomic E-state index is 12.0. The van der Waals surface area contributed by atoms with Gasteiger partial charge in [0.1, 0.15) is 16.9 Å². The van der Waals surface area contributed by atoms with Gasteiger partial charge in [0, 0.05) is 11.5 Å². The van der Waals surface area contributed by atoms with Crippen LogP contribution in [0, 0.1) is 6.92 Å². The second kappa shape index (κ2) is 7.54. The summed E-state index contributed by atoms with van der Waals surface area (Å²) in [5.41, 5.74) is 0.403. The smallest absolute Gasteiger partial charge is 0.716 e. The Balaban J connectivity index is 0.00000264. The molecule has 0 spiro atoms. The van der Waals surface area contributed by atoms with Crippen LogP contribution >= 0.6 is 0 Å². The third-order valence-corrected chi connectivity index (χ3v) is 3.21. The van der Waals surface area contributed by atoms with Crippen molar-refractivity contribution in [2.45, 2.75) is 13.8 Å². The van der Waals surface area contributed by atoms with Crippen molar-refractivity contribution in [3.05, 3.63) is 23.5 Å². The fourth-order valence-electron chi connectivity index (χ4n) is 2.02. The fourth-order valence-corrected chi connectivity index (χ4v) is 2.37. The zero-order valence-corrected chi connectivity index (χ0v) is 15.9. The largest absolute Gasteiger partial charge is 1.00 e. The predicted molar refractivity (Wildman–Crippen MR) is 73.8 cm³/mol. The molecule has 1 aromatic carbocycles. The van der Waals surface area contributed by atoms with Crippen molar-refractivity contribution in [2.75, 3.05) is 13.7 Å². The first-order valence-corrected chi connectivity index (χ1v) is 7.53. The van der Waals surface area contributed by atoms with Gasteiger partial charge in [-0.1, -0.05) is 0 Å². The van der Waals surface area contributed by atoms with E-state index in [1.54, 1.807) is 13.8 Å². The maximum absolute atomic E-state index is 12.0. The summed E-state index contributed by atoms with van der Waals surface area (Å²) >= 11 is 0. The summed E-state index contributed by atoms with van der Waals surface area (Å²) in [7, 11) is -3.72. The number of carbonyl (C=O) groups excluding carboxylic acids is 1. The molecule has 0 aliphatic carbocycles. The SMILES string of the molecule is CCOC(=O)c1c(C)oc2cc(OC)c(OS(=O)(=O)[O-])cc12.[Na+]. The molecule has 0 radical (unpaired) electrons. The quantitative estimate of drug-likeness (QED) is 0.284. The molecular formula is C13H13NaO8S. The Bertz CT molecular complexity index is 824. The van der Waals surface area contributed by atoms with Crippen molar-refractivity contribution < 1.29 is 65.4 Å². The van der Waals surface area contributed by atoms with E-state index in [1.807, 2.05) is 0 Å². The molecule has 0 aliphatic rings. The number of benzene rings is 1. The van der Waals surface area contributed by atoms with Crippen LogP contribution in [-0.2, 0) is 15.1 Å². The molecule has 120 valence electrons. The second-order valence-corrected chi connectivity index (χ2v) is 5.23. The Labute approximate surface area is 154 Å². The number of aryl methyl sites for hydroxylation is 1. The zero-order chi connectivity index (χ0) is 16.5. The van der Waals surface area contributed by atoms with Gasteiger partial charge in [-0.2, -0.15) is 0 Å². The third-order valence-electron chi connectivity index (χ3n) is 2.82. The molecule has 0 N–H and O–H groups in total. The number of rotatable bonds is 5. The molecule has 23 heavy (non-hydrogen) atoms. The van der Waals surface area contributed by atoms with Crippen LogP contribution in [0.25, 0.3) is 11.0 Å². The Morgan fingerprint density at radius 3 is 2.48 bits per heavy atom. The number of furan rings is 1. The van der Waals surface area contributed by atoms with Gasteiger partial charge in [-0.3, -0.25) is 0 Å². The minimum absolute atomic E-state index is 0. The molecule has 0 saturated heterocycles. The van der Waals surface area contributed by atoms with Crippen molar-refractivity contribution >= 4 is 27.3 Å². The van der Waals surface area contributed by atoms with E-state index < -0.39 is 16.4 Å². The number of hydrogen-bond donors (Lipinski definition) is 0. The molecule has 0 fully saturated rings. The topological polar surface area (TPSA) is 115 Å². The monoisotopic (exact) mass is 352 g/mol. The van der Waals surface area contributed by atoms with Gasteiger partial charge in [-0.05, 0) is 19.9 Å². The summed E-state index contributed by atoms with van der Waals surface area (Å²) in [5.74, 6) is -0.690. The molecule has 10 heteroatoms. The van der Waals surface area contributed by atoms with Gasteiger partial charge in [0.15, 0.2) is 11.5 Å². The Kier molecular flexibility index (Phi) is 6.49. The molecule has 0 unspecified atom stereocenters. The van der Waals surface area contributed by atoms with Crippen molar-refractivity contribution in [2.24, 2.45) is 0 Å². The molecule has 0 amide bonds. The molecule has 8 nitrogen and oxygen atoms in total. The molecule has 0 bridgehead atoms. The Morgan fingerprint density at radius 1 is 1.30 bits per heavy atom. The molecule has 1 heterocycles. The Hall–Kier alpha value is -1.26. The van der Waals surface area contributed by atoms with E-state index >= 15 is 0 Å². The van der Waals surface area contributed by atoms with Gasteiger partial charge in [0.25, 0.3) is 10.4 Å². The summed E-state index contributed by atoms with van der Waals surface area (Å²) in [6, 6.07) is 2.51. The summed E-state index contributed by atoms with van der Waals surface area (Å²) < 4.78 is 52.0. The maximum Gasteiger partial charge on any atom is 1.00 e. The van der Waals surface area contributed by atoms with Gasteiger partial charge in [-0.25, -0.2) is 13.2 Å². The zero-order valence-electron chi connectivity index (χ0n) is 13.0. The average Bonchev–Trinajstić information content (AvgIpc) is 2.71. The standard InChI is InChI=1S/C13H14O8S.Na/c1-4-19-13(14)12-7(2)20-9-6-10(18-3)11(5-8(9)12)21-22(15,16)17;/h5-6H,4H2,1-3H3,(H,15,16,17);/q;+1/p-1. The van der Waals surface area contributed by atoms with Crippen LogP contribution in [0.4, 0.5) is 0 Å².